The lowest BCUT2D eigenvalue weighted by Gasteiger charge is -2.38. The third kappa shape index (κ3) is 3.97. The van der Waals surface area contributed by atoms with Crippen molar-refractivity contribution in [3.05, 3.63) is 0 Å². The van der Waals surface area contributed by atoms with Crippen molar-refractivity contribution < 1.29 is 5.11 Å². The molecule has 0 aliphatic rings. The fourth-order valence-electron chi connectivity index (χ4n) is 2.03. The number of rotatable bonds is 8. The van der Waals surface area contributed by atoms with E-state index in [1.165, 1.54) is 12.8 Å². The van der Waals surface area contributed by atoms with Crippen LogP contribution in [0.4, 0.5) is 0 Å². The fraction of sp³-hybridized carbons (Fsp3) is 1.00. The zero-order valence-corrected chi connectivity index (χ0v) is 10.3. The van der Waals surface area contributed by atoms with E-state index in [0.717, 1.165) is 32.4 Å². The molecule has 0 radical (unpaired) electrons. The molecule has 86 valence electrons. The Labute approximate surface area is 89.3 Å². The molecule has 2 nitrogen and oxygen atoms in total. The largest absolute Gasteiger partial charge is 0.376 e. The highest BCUT2D eigenvalue weighted by Crippen LogP contribution is 2.23. The van der Waals surface area contributed by atoms with E-state index >= 15 is 0 Å². The first kappa shape index (κ1) is 13.9. The van der Waals surface area contributed by atoms with Crippen molar-refractivity contribution in [2.24, 2.45) is 0 Å². The van der Waals surface area contributed by atoms with Crippen LogP contribution in [0.2, 0.25) is 0 Å². The van der Waals surface area contributed by atoms with Gasteiger partial charge in [-0.15, -0.1) is 0 Å². The van der Waals surface area contributed by atoms with Gasteiger partial charge in [0, 0.05) is 0 Å². The topological polar surface area (TPSA) is 23.5 Å². The van der Waals surface area contributed by atoms with E-state index in [0.29, 0.717) is 0 Å². The molecule has 2 heteroatoms. The Morgan fingerprint density at radius 3 is 1.93 bits per heavy atom. The minimum Gasteiger partial charge on any atom is -0.376 e. The average Bonchev–Trinajstić information content (AvgIpc) is 2.20. The molecule has 0 spiro atoms. The molecular formula is C12H27NO. The first-order valence-corrected chi connectivity index (χ1v) is 6.12. The highest BCUT2D eigenvalue weighted by atomic mass is 16.3. The number of unbranched alkanes of at least 4 members (excludes halogenated alkanes) is 2. The lowest BCUT2D eigenvalue weighted by atomic mass is 10.00. The maximum absolute atomic E-state index is 10.4. The van der Waals surface area contributed by atoms with Crippen LogP contribution in [0.15, 0.2) is 0 Å². The normalized spacial score (nSPS) is 15.9. The Balaban J connectivity index is 4.14. The molecule has 0 heterocycles. The summed E-state index contributed by atoms with van der Waals surface area (Å²) in [5.41, 5.74) is -0.557. The average molecular weight is 201 g/mol. The molecule has 14 heavy (non-hydrogen) atoms. The summed E-state index contributed by atoms with van der Waals surface area (Å²) >= 11 is 0. The van der Waals surface area contributed by atoms with Crippen LogP contribution < -0.4 is 0 Å². The number of hydrogen-bond acceptors (Lipinski definition) is 2. The first-order chi connectivity index (χ1) is 6.64. The van der Waals surface area contributed by atoms with Gasteiger partial charge in [0.25, 0.3) is 0 Å². The number of aliphatic hydroxyl groups is 1. The summed E-state index contributed by atoms with van der Waals surface area (Å²) in [6, 6.07) is 0. The van der Waals surface area contributed by atoms with Crippen molar-refractivity contribution in [1.29, 1.82) is 0 Å². The molecule has 1 unspecified atom stereocenters. The molecule has 0 fully saturated rings. The van der Waals surface area contributed by atoms with Gasteiger partial charge in [-0.05, 0) is 32.4 Å². The van der Waals surface area contributed by atoms with Crippen molar-refractivity contribution in [2.45, 2.75) is 65.5 Å². The monoisotopic (exact) mass is 201 g/mol. The zero-order valence-electron chi connectivity index (χ0n) is 10.3. The summed E-state index contributed by atoms with van der Waals surface area (Å²) in [5, 5.41) is 10.4. The highest BCUT2D eigenvalue weighted by molar-refractivity contribution is 4.76. The second-order valence-corrected chi connectivity index (χ2v) is 3.97. The molecule has 0 amide bonds. The Morgan fingerprint density at radius 1 is 1.00 bits per heavy atom. The van der Waals surface area contributed by atoms with Gasteiger partial charge >= 0.3 is 0 Å². The second kappa shape index (κ2) is 7.24. The van der Waals surface area contributed by atoms with Gasteiger partial charge in [0.15, 0.2) is 0 Å². The minimum atomic E-state index is -0.557. The van der Waals surface area contributed by atoms with Crippen molar-refractivity contribution in [2.75, 3.05) is 13.1 Å². The molecule has 0 aromatic carbocycles. The SMILES string of the molecule is CCCCCC(O)(CC)N(CC)CC. The third-order valence-corrected chi connectivity index (χ3v) is 3.10. The number of hydrogen-bond donors (Lipinski definition) is 1. The maximum atomic E-state index is 10.4. The smallest absolute Gasteiger partial charge is 0.118 e. The van der Waals surface area contributed by atoms with Crippen molar-refractivity contribution >= 4 is 0 Å². The van der Waals surface area contributed by atoms with Crippen LogP contribution in [0.5, 0.6) is 0 Å². The molecule has 0 rings (SSSR count). The van der Waals surface area contributed by atoms with Crippen LogP contribution in [0.1, 0.15) is 59.8 Å². The predicted octanol–water partition coefficient (Wildman–Crippen LogP) is 3.01. The molecule has 0 saturated carbocycles. The van der Waals surface area contributed by atoms with Gasteiger partial charge in [0.05, 0.1) is 0 Å². The van der Waals surface area contributed by atoms with E-state index in [1.54, 1.807) is 0 Å². The van der Waals surface area contributed by atoms with Crippen molar-refractivity contribution in [3.8, 4) is 0 Å². The number of nitrogens with zero attached hydrogens (tertiary/aromatic N) is 1. The summed E-state index contributed by atoms with van der Waals surface area (Å²) in [4.78, 5) is 2.17. The summed E-state index contributed by atoms with van der Waals surface area (Å²) in [5.74, 6) is 0. The van der Waals surface area contributed by atoms with Crippen LogP contribution in [0, 0.1) is 0 Å². The molecular weight excluding hydrogens is 174 g/mol. The van der Waals surface area contributed by atoms with Crippen molar-refractivity contribution in [3.63, 3.8) is 0 Å². The van der Waals surface area contributed by atoms with Gasteiger partial charge in [0.2, 0.25) is 0 Å². The summed E-state index contributed by atoms with van der Waals surface area (Å²) in [6.07, 6.45) is 5.33. The van der Waals surface area contributed by atoms with Gasteiger partial charge in [-0.3, -0.25) is 4.90 Å². The van der Waals surface area contributed by atoms with Crippen LogP contribution >= 0.6 is 0 Å². The van der Waals surface area contributed by atoms with Crippen molar-refractivity contribution in [1.82, 2.24) is 4.90 Å². The van der Waals surface area contributed by atoms with Gasteiger partial charge in [-0.2, -0.15) is 0 Å². The molecule has 1 atom stereocenters. The van der Waals surface area contributed by atoms with Crippen LogP contribution in [-0.4, -0.2) is 28.8 Å². The second-order valence-electron chi connectivity index (χ2n) is 3.97. The quantitative estimate of drug-likeness (QED) is 0.482. The van der Waals surface area contributed by atoms with Gasteiger partial charge in [-0.25, -0.2) is 0 Å². The van der Waals surface area contributed by atoms with E-state index in [-0.39, 0.29) is 0 Å². The molecule has 0 aromatic rings. The van der Waals surface area contributed by atoms with E-state index < -0.39 is 5.72 Å². The van der Waals surface area contributed by atoms with E-state index in [1.807, 2.05) is 0 Å². The van der Waals surface area contributed by atoms with E-state index in [2.05, 4.69) is 32.6 Å². The standard InChI is InChI=1S/C12H27NO/c1-5-9-10-11-12(14,6-2)13(7-3)8-4/h14H,5-11H2,1-4H3. The molecule has 0 aliphatic heterocycles. The zero-order chi connectivity index (χ0) is 11.0. The van der Waals surface area contributed by atoms with Crippen LogP contribution in [0.3, 0.4) is 0 Å². The fourth-order valence-corrected chi connectivity index (χ4v) is 2.03. The Kier molecular flexibility index (Phi) is 7.20. The third-order valence-electron chi connectivity index (χ3n) is 3.10. The highest BCUT2D eigenvalue weighted by Gasteiger charge is 2.29. The predicted molar refractivity (Wildman–Crippen MR) is 62.3 cm³/mol. The van der Waals surface area contributed by atoms with Crippen LogP contribution in [-0.2, 0) is 0 Å². The molecule has 0 aromatic heterocycles. The van der Waals surface area contributed by atoms with E-state index in [4.69, 9.17) is 0 Å². The van der Waals surface area contributed by atoms with E-state index in [9.17, 15) is 5.11 Å². The minimum absolute atomic E-state index is 0.557. The van der Waals surface area contributed by atoms with Gasteiger partial charge < -0.3 is 5.11 Å². The summed E-state index contributed by atoms with van der Waals surface area (Å²) in [7, 11) is 0. The lowest BCUT2D eigenvalue weighted by molar-refractivity contribution is -0.114. The lowest BCUT2D eigenvalue weighted by Crippen LogP contribution is -2.48. The van der Waals surface area contributed by atoms with Gasteiger partial charge in [-0.1, -0.05) is 40.5 Å². The Hall–Kier alpha value is -0.0800. The van der Waals surface area contributed by atoms with Crippen LogP contribution in [0.25, 0.3) is 0 Å². The summed E-state index contributed by atoms with van der Waals surface area (Å²) in [6.45, 7) is 10.4. The molecule has 1 N–H and O–H groups in total. The molecule has 0 aliphatic carbocycles. The van der Waals surface area contributed by atoms with Gasteiger partial charge in [0.1, 0.15) is 5.72 Å². The molecule has 0 bridgehead atoms. The Morgan fingerprint density at radius 2 is 1.57 bits per heavy atom. The molecule has 0 saturated heterocycles. The summed E-state index contributed by atoms with van der Waals surface area (Å²) < 4.78 is 0. The maximum Gasteiger partial charge on any atom is 0.118 e. The first-order valence-electron chi connectivity index (χ1n) is 6.12. The Bertz CT molecular complexity index is 134.